The summed E-state index contributed by atoms with van der Waals surface area (Å²) in [4.78, 5) is 0. The molecule has 0 spiro atoms. The first-order valence-electron chi connectivity index (χ1n) is 40.6. The third-order valence-corrected chi connectivity index (χ3v) is 25.4. The molecule has 4 aliphatic carbocycles. The van der Waals surface area contributed by atoms with Crippen molar-refractivity contribution in [3.8, 4) is 100 Å². The van der Waals surface area contributed by atoms with Gasteiger partial charge in [-0.3, -0.25) is 0 Å². The Morgan fingerprint density at radius 3 is 0.703 bits per heavy atom. The summed E-state index contributed by atoms with van der Waals surface area (Å²) in [5.74, 6) is 0. The zero-order valence-corrected chi connectivity index (χ0v) is 63.4. The number of hydrogen-bond donors (Lipinski definition) is 0. The molecule has 101 heavy (non-hydrogen) atoms. The lowest BCUT2D eigenvalue weighted by Gasteiger charge is -2.33. The lowest BCUT2D eigenvalue weighted by Crippen LogP contribution is -2.25. The van der Waals surface area contributed by atoms with Crippen LogP contribution in [0, 0.1) is 6.92 Å². The van der Waals surface area contributed by atoms with Crippen molar-refractivity contribution in [3.05, 3.63) is 250 Å². The van der Waals surface area contributed by atoms with E-state index in [4.69, 9.17) is 0 Å². The van der Waals surface area contributed by atoms with Crippen molar-refractivity contribution in [2.45, 2.75) is 264 Å². The van der Waals surface area contributed by atoms with Crippen LogP contribution >= 0.6 is 0 Å². The monoisotopic (exact) mass is 1330 g/mol. The highest BCUT2D eigenvalue weighted by molar-refractivity contribution is 5.91. The van der Waals surface area contributed by atoms with E-state index in [9.17, 15) is 0 Å². The van der Waals surface area contributed by atoms with Crippen molar-refractivity contribution in [1.82, 2.24) is 0 Å². The van der Waals surface area contributed by atoms with E-state index in [0.717, 1.165) is 0 Å². The summed E-state index contributed by atoms with van der Waals surface area (Å²) in [6.45, 7) is 21.4. The molecule has 14 rings (SSSR count). The SMILES string of the molecule is CCCCCCCCC1(CCCCCCCC)c2ccccc2-c2ccc(-c3ccc4c(c3)C(C)(C)c3cc(-c5ccc(-c6ccc7c(c6)C(CCCCCCCC)(CCCCCCCC)c6cc(-c8ccc9c(c8)C(C)(C)c8cc(-c%10ccc(C)cc%10)ccc8-9)ccc6-7)cc5)ccc3-4)cc21. The molecule has 0 radical (unpaired) electrons. The van der Waals surface area contributed by atoms with Gasteiger partial charge in [0.2, 0.25) is 0 Å². The summed E-state index contributed by atoms with van der Waals surface area (Å²) in [7, 11) is 0. The fourth-order valence-corrected chi connectivity index (χ4v) is 19.4. The minimum atomic E-state index is -0.152. The Morgan fingerprint density at radius 1 is 0.198 bits per heavy atom. The zero-order valence-electron chi connectivity index (χ0n) is 63.4. The molecule has 0 nitrogen and oxygen atoms in total. The zero-order chi connectivity index (χ0) is 69.7. The van der Waals surface area contributed by atoms with Crippen LogP contribution in [0.25, 0.3) is 100 Å². The van der Waals surface area contributed by atoms with Crippen molar-refractivity contribution >= 4 is 0 Å². The van der Waals surface area contributed by atoms with Crippen molar-refractivity contribution in [1.29, 1.82) is 0 Å². The number of hydrogen-bond acceptors (Lipinski definition) is 0. The second-order valence-electron chi connectivity index (χ2n) is 32.8. The standard InChI is InChI=1S/C101H116/c1-10-14-18-22-26-32-60-100(61-33-27-23-19-15-11-2)90-37-31-30-36-82(90)87-58-51-80(69-95(87)100)78-49-55-86-84-54-47-76(65-92(84)99(8,9)93(86)66-78)73-42-44-74(45-43-73)77-48-57-88-89-59-52-81(70-97(89)101(96(88)68-77,62-34-28-24-20-16-12-3)63-35-29-25-21-17-13-4)79-50-56-85-83-53-46-75(72-40-38-71(5)39-41-72)64-91(83)98(6,7)94(85)67-79/h30-31,36-59,64-70H,10-29,32-35,60-63H2,1-9H3. The van der Waals surface area contributed by atoms with Gasteiger partial charge in [0.25, 0.3) is 0 Å². The fraction of sp³-hybridized carbons (Fsp3) is 0.406. The van der Waals surface area contributed by atoms with E-state index < -0.39 is 0 Å². The Balaban J connectivity index is 0.750. The van der Waals surface area contributed by atoms with E-state index in [0.29, 0.717) is 0 Å². The van der Waals surface area contributed by atoms with Crippen LogP contribution in [0.1, 0.15) is 285 Å². The van der Waals surface area contributed by atoms with E-state index >= 15 is 0 Å². The van der Waals surface area contributed by atoms with Crippen molar-refractivity contribution in [3.63, 3.8) is 0 Å². The number of aryl methyl sites for hydroxylation is 1. The third kappa shape index (κ3) is 13.7. The molecular weight excluding hydrogens is 1210 g/mol. The molecule has 0 aliphatic heterocycles. The Kier molecular flexibility index (Phi) is 21.3. The number of rotatable bonds is 33. The lowest BCUT2D eigenvalue weighted by atomic mass is 9.70. The normalized spacial score (nSPS) is 14.8. The van der Waals surface area contributed by atoms with Crippen LogP contribution in [0.2, 0.25) is 0 Å². The van der Waals surface area contributed by atoms with Crippen molar-refractivity contribution in [2.24, 2.45) is 0 Å². The maximum absolute atomic E-state index is 2.67. The van der Waals surface area contributed by atoms with E-state index in [1.165, 1.54) is 308 Å². The Bertz CT molecular complexity index is 4500. The predicted octanol–water partition coefficient (Wildman–Crippen LogP) is 30.5. The van der Waals surface area contributed by atoms with Crippen LogP contribution in [-0.2, 0) is 21.7 Å². The minimum Gasteiger partial charge on any atom is -0.0654 e. The highest BCUT2D eigenvalue weighted by Crippen LogP contribution is 2.59. The first kappa shape index (κ1) is 70.2. The Labute approximate surface area is 610 Å². The first-order valence-corrected chi connectivity index (χ1v) is 40.6. The largest absolute Gasteiger partial charge is 0.0654 e. The van der Waals surface area contributed by atoms with Gasteiger partial charge in [0.05, 0.1) is 0 Å². The summed E-state index contributed by atoms with van der Waals surface area (Å²) in [6.07, 6.45) is 36.6. The molecule has 0 amide bonds. The van der Waals surface area contributed by atoms with E-state index in [-0.39, 0.29) is 21.7 Å². The van der Waals surface area contributed by atoms with Gasteiger partial charge in [-0.2, -0.15) is 0 Å². The van der Waals surface area contributed by atoms with Gasteiger partial charge in [-0.25, -0.2) is 0 Å². The summed E-state index contributed by atoms with van der Waals surface area (Å²) in [6, 6.07) is 80.4. The Hall–Kier alpha value is -7.80. The highest BCUT2D eigenvalue weighted by Gasteiger charge is 2.45. The molecule has 4 aliphatic rings. The second kappa shape index (κ2) is 30.6. The number of unbranched alkanes of at least 4 members (excludes halogenated alkanes) is 20. The van der Waals surface area contributed by atoms with Crippen LogP contribution in [0.4, 0.5) is 0 Å². The van der Waals surface area contributed by atoms with Gasteiger partial charge in [-0.05, 0) is 220 Å². The maximum atomic E-state index is 2.67. The molecule has 0 N–H and O–H groups in total. The third-order valence-electron chi connectivity index (χ3n) is 25.4. The lowest BCUT2D eigenvalue weighted by molar-refractivity contribution is 0.398. The molecule has 0 saturated carbocycles. The van der Waals surface area contributed by atoms with Crippen LogP contribution in [-0.4, -0.2) is 0 Å². The van der Waals surface area contributed by atoms with Crippen molar-refractivity contribution < 1.29 is 0 Å². The summed E-state index contributed by atoms with van der Waals surface area (Å²) < 4.78 is 0. The van der Waals surface area contributed by atoms with E-state index in [1.807, 2.05) is 0 Å². The first-order chi connectivity index (χ1) is 49.3. The van der Waals surface area contributed by atoms with E-state index in [1.54, 1.807) is 22.3 Å². The molecule has 520 valence electrons. The van der Waals surface area contributed by atoms with Gasteiger partial charge in [-0.15, -0.1) is 0 Å². The molecule has 0 saturated heterocycles. The smallest absolute Gasteiger partial charge is 0.0215 e. The second-order valence-corrected chi connectivity index (χ2v) is 32.8. The van der Waals surface area contributed by atoms with Gasteiger partial charge in [0.1, 0.15) is 0 Å². The topological polar surface area (TPSA) is 0 Å². The van der Waals surface area contributed by atoms with Gasteiger partial charge < -0.3 is 0 Å². The molecule has 10 aromatic carbocycles. The number of fused-ring (bicyclic) bond motifs is 12. The summed E-state index contributed by atoms with van der Waals surface area (Å²) >= 11 is 0. The summed E-state index contributed by atoms with van der Waals surface area (Å²) in [5, 5.41) is 0. The van der Waals surface area contributed by atoms with Gasteiger partial charge >= 0.3 is 0 Å². The maximum Gasteiger partial charge on any atom is 0.0215 e. The minimum absolute atomic E-state index is 0.0557. The predicted molar refractivity (Wildman–Crippen MR) is 438 cm³/mol. The average Bonchev–Trinajstić information content (AvgIpc) is 1.57. The molecule has 0 heteroatoms. The van der Waals surface area contributed by atoms with E-state index in [2.05, 4.69) is 263 Å². The fourth-order valence-electron chi connectivity index (χ4n) is 19.4. The average molecular weight is 1330 g/mol. The summed E-state index contributed by atoms with van der Waals surface area (Å²) in [5.41, 5.74) is 37.6. The van der Waals surface area contributed by atoms with Crippen LogP contribution in [0.3, 0.4) is 0 Å². The molecule has 0 heterocycles. The van der Waals surface area contributed by atoms with Crippen LogP contribution < -0.4 is 0 Å². The molecular formula is C101H116. The molecule has 0 unspecified atom stereocenters. The molecule has 10 aromatic rings. The van der Waals surface area contributed by atoms with Crippen molar-refractivity contribution in [2.75, 3.05) is 0 Å². The van der Waals surface area contributed by atoms with Gasteiger partial charge in [0.15, 0.2) is 0 Å². The van der Waals surface area contributed by atoms with Crippen LogP contribution in [0.5, 0.6) is 0 Å². The molecule has 0 aromatic heterocycles. The van der Waals surface area contributed by atoms with Crippen LogP contribution in [0.15, 0.2) is 200 Å². The van der Waals surface area contributed by atoms with Gasteiger partial charge in [-0.1, -0.05) is 373 Å². The molecule has 0 atom stereocenters. The molecule has 0 fully saturated rings. The highest BCUT2D eigenvalue weighted by atomic mass is 14.5. The number of benzene rings is 10. The Morgan fingerprint density at radius 2 is 0.406 bits per heavy atom. The quantitative estimate of drug-likeness (QED) is 0.0360. The van der Waals surface area contributed by atoms with Gasteiger partial charge in [0, 0.05) is 21.7 Å². The molecule has 0 bridgehead atoms.